The van der Waals surface area contributed by atoms with Crippen LogP contribution in [0.4, 0.5) is 10.5 Å². The maximum absolute atomic E-state index is 12.2. The van der Waals surface area contributed by atoms with Crippen molar-refractivity contribution in [2.75, 3.05) is 12.4 Å². The minimum absolute atomic E-state index is 0.219. The second-order valence-electron chi connectivity index (χ2n) is 7.06. The number of methoxy groups -OCH3 is 1. The van der Waals surface area contributed by atoms with Gasteiger partial charge in [-0.25, -0.2) is 4.79 Å². The number of hydrogen-bond donors (Lipinski definition) is 2. The van der Waals surface area contributed by atoms with Crippen molar-refractivity contribution >= 4 is 23.4 Å². The Kier molecular flexibility index (Phi) is 5.99. The fourth-order valence-corrected chi connectivity index (χ4v) is 3.18. The van der Waals surface area contributed by atoms with Gasteiger partial charge in [0.15, 0.2) is 0 Å². The van der Waals surface area contributed by atoms with Crippen LogP contribution in [-0.4, -0.2) is 18.3 Å². The highest BCUT2D eigenvalue weighted by Gasteiger charge is 2.24. The number of anilines is 1. The number of rotatable bonds is 5. The zero-order valence-corrected chi connectivity index (χ0v) is 17.2. The van der Waals surface area contributed by atoms with Gasteiger partial charge in [0, 0.05) is 11.5 Å². The van der Waals surface area contributed by atoms with Crippen molar-refractivity contribution in [2.45, 2.75) is 19.3 Å². The molecule has 29 heavy (non-hydrogen) atoms. The summed E-state index contributed by atoms with van der Waals surface area (Å²) in [6.07, 6.45) is -0.648. The first-order chi connectivity index (χ1) is 13.8. The van der Waals surface area contributed by atoms with Gasteiger partial charge in [0.2, 0.25) is 0 Å². The quantitative estimate of drug-likeness (QED) is 0.541. The van der Waals surface area contributed by atoms with E-state index in [4.69, 9.17) is 21.1 Å². The minimum atomic E-state index is -0.648. The number of phenols is 1. The standard InChI is InChI=1S/C23H22ClNO4/c1-23(2,15-7-10-17(26)11-8-15)16-9-12-21(20(24)13-16)25-22(27)29-19-6-4-5-18(14-19)28-3/h4-14,26H,1-3H3,(H,25,27). The molecule has 150 valence electrons. The van der Waals surface area contributed by atoms with Crippen LogP contribution in [0.3, 0.4) is 0 Å². The van der Waals surface area contributed by atoms with Gasteiger partial charge >= 0.3 is 6.09 Å². The molecule has 0 saturated heterocycles. The Hall–Kier alpha value is -3.18. The molecule has 0 unspecified atom stereocenters. The second kappa shape index (κ2) is 8.45. The maximum atomic E-state index is 12.2. The number of hydrogen-bond acceptors (Lipinski definition) is 4. The van der Waals surface area contributed by atoms with Crippen LogP contribution >= 0.6 is 11.6 Å². The third-order valence-electron chi connectivity index (χ3n) is 4.77. The van der Waals surface area contributed by atoms with Gasteiger partial charge < -0.3 is 14.6 Å². The average molecular weight is 412 g/mol. The average Bonchev–Trinajstić information content (AvgIpc) is 2.70. The molecule has 3 rings (SSSR count). The number of carbonyl (C=O) groups excluding carboxylic acids is 1. The van der Waals surface area contributed by atoms with Crippen LogP contribution in [0, 0.1) is 0 Å². The van der Waals surface area contributed by atoms with E-state index in [1.807, 2.05) is 24.3 Å². The molecule has 0 aliphatic carbocycles. The first-order valence-corrected chi connectivity index (χ1v) is 9.40. The molecule has 0 fully saturated rings. The molecule has 1 amide bonds. The minimum Gasteiger partial charge on any atom is -0.508 e. The lowest BCUT2D eigenvalue weighted by Crippen LogP contribution is -2.20. The molecule has 0 aliphatic heterocycles. The fraction of sp³-hybridized carbons (Fsp3) is 0.174. The van der Waals surface area contributed by atoms with E-state index in [0.717, 1.165) is 11.1 Å². The van der Waals surface area contributed by atoms with Crippen LogP contribution in [0.15, 0.2) is 66.7 Å². The molecule has 0 radical (unpaired) electrons. The molecule has 0 saturated carbocycles. The van der Waals surface area contributed by atoms with E-state index in [-0.39, 0.29) is 11.2 Å². The second-order valence-corrected chi connectivity index (χ2v) is 7.47. The summed E-state index contributed by atoms with van der Waals surface area (Å²) in [5, 5.41) is 12.6. The maximum Gasteiger partial charge on any atom is 0.417 e. The summed E-state index contributed by atoms with van der Waals surface area (Å²) in [6, 6.07) is 19.3. The van der Waals surface area contributed by atoms with Crippen molar-refractivity contribution in [1.29, 1.82) is 0 Å². The Morgan fingerprint density at radius 1 is 0.966 bits per heavy atom. The number of aromatic hydroxyl groups is 1. The number of amides is 1. The Bertz CT molecular complexity index is 1020. The topological polar surface area (TPSA) is 67.8 Å². The predicted molar refractivity (Wildman–Crippen MR) is 114 cm³/mol. The Labute approximate surface area is 174 Å². The number of carbonyl (C=O) groups is 1. The Morgan fingerprint density at radius 3 is 2.28 bits per heavy atom. The third kappa shape index (κ3) is 4.81. The molecular weight excluding hydrogens is 390 g/mol. The summed E-state index contributed by atoms with van der Waals surface area (Å²) in [6.45, 7) is 4.13. The van der Waals surface area contributed by atoms with E-state index in [1.165, 1.54) is 0 Å². The molecule has 2 N–H and O–H groups in total. The van der Waals surface area contributed by atoms with Gasteiger partial charge in [-0.3, -0.25) is 5.32 Å². The molecule has 0 bridgehead atoms. The molecule has 0 spiro atoms. The molecule has 0 heterocycles. The first-order valence-electron chi connectivity index (χ1n) is 9.02. The number of ether oxygens (including phenoxy) is 2. The third-order valence-corrected chi connectivity index (χ3v) is 5.08. The van der Waals surface area contributed by atoms with Crippen LogP contribution in [0.25, 0.3) is 0 Å². The van der Waals surface area contributed by atoms with Gasteiger partial charge in [0.25, 0.3) is 0 Å². The summed E-state index contributed by atoms with van der Waals surface area (Å²) in [7, 11) is 1.54. The van der Waals surface area contributed by atoms with Crippen LogP contribution in [-0.2, 0) is 5.41 Å². The van der Waals surface area contributed by atoms with Crippen molar-refractivity contribution in [1.82, 2.24) is 0 Å². The van der Waals surface area contributed by atoms with Gasteiger partial charge in [-0.1, -0.05) is 49.7 Å². The van der Waals surface area contributed by atoms with E-state index in [9.17, 15) is 9.90 Å². The van der Waals surface area contributed by atoms with Crippen molar-refractivity contribution in [3.8, 4) is 17.2 Å². The van der Waals surface area contributed by atoms with Gasteiger partial charge in [0.05, 0.1) is 17.8 Å². The van der Waals surface area contributed by atoms with E-state index < -0.39 is 6.09 Å². The van der Waals surface area contributed by atoms with Crippen LogP contribution in [0.1, 0.15) is 25.0 Å². The number of nitrogens with one attached hydrogen (secondary N) is 1. The lowest BCUT2D eigenvalue weighted by Gasteiger charge is -2.26. The van der Waals surface area contributed by atoms with E-state index in [1.54, 1.807) is 49.6 Å². The highest BCUT2D eigenvalue weighted by molar-refractivity contribution is 6.33. The zero-order chi connectivity index (χ0) is 21.0. The summed E-state index contributed by atoms with van der Waals surface area (Å²) in [4.78, 5) is 12.2. The van der Waals surface area contributed by atoms with E-state index >= 15 is 0 Å². The predicted octanol–water partition coefficient (Wildman–Crippen LogP) is 5.99. The number of halogens is 1. The van der Waals surface area contributed by atoms with Crippen LogP contribution in [0.2, 0.25) is 5.02 Å². The summed E-state index contributed by atoms with van der Waals surface area (Å²) in [5.41, 5.74) is 2.12. The molecule has 0 aliphatic rings. The van der Waals surface area contributed by atoms with Gasteiger partial charge in [-0.05, 0) is 47.5 Å². The highest BCUT2D eigenvalue weighted by atomic mass is 35.5. The molecule has 3 aromatic carbocycles. The molecule has 5 nitrogen and oxygen atoms in total. The fourth-order valence-electron chi connectivity index (χ4n) is 2.96. The molecule has 0 atom stereocenters. The summed E-state index contributed by atoms with van der Waals surface area (Å²) >= 11 is 6.41. The molecule has 0 aromatic heterocycles. The lowest BCUT2D eigenvalue weighted by molar-refractivity contribution is 0.215. The largest absolute Gasteiger partial charge is 0.508 e. The van der Waals surface area contributed by atoms with Gasteiger partial charge in [0.1, 0.15) is 17.2 Å². The van der Waals surface area contributed by atoms with E-state index in [0.29, 0.717) is 22.2 Å². The number of benzene rings is 3. The first kappa shape index (κ1) is 20.6. The molecular formula is C23H22ClNO4. The van der Waals surface area contributed by atoms with Gasteiger partial charge in [-0.2, -0.15) is 0 Å². The van der Waals surface area contributed by atoms with Crippen LogP contribution < -0.4 is 14.8 Å². The smallest absolute Gasteiger partial charge is 0.417 e. The van der Waals surface area contributed by atoms with E-state index in [2.05, 4.69) is 19.2 Å². The normalized spacial score (nSPS) is 11.0. The van der Waals surface area contributed by atoms with Crippen molar-refractivity contribution in [3.05, 3.63) is 82.9 Å². The van der Waals surface area contributed by atoms with Crippen LogP contribution in [0.5, 0.6) is 17.2 Å². The monoisotopic (exact) mass is 411 g/mol. The summed E-state index contributed by atoms with van der Waals surface area (Å²) in [5.74, 6) is 1.17. The SMILES string of the molecule is COc1cccc(OC(=O)Nc2ccc(C(C)(C)c3ccc(O)cc3)cc2Cl)c1. The highest BCUT2D eigenvalue weighted by Crippen LogP contribution is 2.35. The Morgan fingerprint density at radius 2 is 1.62 bits per heavy atom. The van der Waals surface area contributed by atoms with Gasteiger partial charge in [-0.15, -0.1) is 0 Å². The number of phenolic OH excluding ortho intramolecular Hbond substituents is 1. The summed E-state index contributed by atoms with van der Waals surface area (Å²) < 4.78 is 10.4. The Balaban J connectivity index is 1.75. The van der Waals surface area contributed by atoms with Crippen molar-refractivity contribution < 1.29 is 19.4 Å². The lowest BCUT2D eigenvalue weighted by atomic mass is 9.78. The molecule has 3 aromatic rings. The zero-order valence-electron chi connectivity index (χ0n) is 16.4. The van der Waals surface area contributed by atoms with Crippen molar-refractivity contribution in [3.63, 3.8) is 0 Å². The van der Waals surface area contributed by atoms with Crippen molar-refractivity contribution in [2.24, 2.45) is 0 Å². The molecule has 6 heteroatoms.